The Labute approximate surface area is 91.7 Å². The molecule has 3 nitrogen and oxygen atoms in total. The van der Waals surface area contributed by atoms with Crippen LogP contribution in [-0.2, 0) is 0 Å². The molecule has 0 atom stereocenters. The van der Waals surface area contributed by atoms with E-state index in [9.17, 15) is 0 Å². The normalized spacial score (nSPS) is 10.3. The van der Waals surface area contributed by atoms with Crippen molar-refractivity contribution >= 4 is 38.8 Å². The predicted octanol–water partition coefficient (Wildman–Crippen LogP) is 3.04. The Balaban J connectivity index is 2.35. The second-order valence-corrected chi connectivity index (χ2v) is 4.59. The number of halogens is 1. The van der Waals surface area contributed by atoms with E-state index in [-0.39, 0.29) is 0 Å². The summed E-state index contributed by atoms with van der Waals surface area (Å²) in [4.78, 5) is 5.29. The second kappa shape index (κ2) is 3.73. The molecular formula is C7H5BrN2OS2. The molecule has 68 valence electrons. The summed E-state index contributed by atoms with van der Waals surface area (Å²) in [6.07, 6.45) is 0. The summed E-state index contributed by atoms with van der Waals surface area (Å²) in [7, 11) is 1.65. The van der Waals surface area contributed by atoms with Crippen LogP contribution in [0.5, 0.6) is 5.75 Å². The maximum absolute atomic E-state index is 5.08. The molecule has 6 heteroatoms. The zero-order chi connectivity index (χ0) is 9.26. The van der Waals surface area contributed by atoms with Gasteiger partial charge in [-0.15, -0.1) is 11.3 Å². The highest BCUT2D eigenvalue weighted by molar-refractivity contribution is 9.10. The topological polar surface area (TPSA) is 35.0 Å². The molecule has 0 aliphatic heterocycles. The van der Waals surface area contributed by atoms with Crippen molar-refractivity contribution in [3.8, 4) is 15.6 Å². The summed E-state index contributed by atoms with van der Waals surface area (Å²) in [5.41, 5.74) is 0. The highest BCUT2D eigenvalue weighted by atomic mass is 79.9. The third-order valence-corrected chi connectivity index (χ3v) is 3.81. The second-order valence-electron chi connectivity index (χ2n) is 2.22. The molecule has 0 saturated heterocycles. The molecule has 0 radical (unpaired) electrons. The van der Waals surface area contributed by atoms with Gasteiger partial charge in [0.05, 0.1) is 12.0 Å². The fourth-order valence-corrected chi connectivity index (χ4v) is 2.83. The summed E-state index contributed by atoms with van der Waals surface area (Å²) >= 11 is 6.19. The van der Waals surface area contributed by atoms with Crippen molar-refractivity contribution in [2.24, 2.45) is 0 Å². The smallest absolute Gasteiger partial charge is 0.209 e. The predicted molar refractivity (Wildman–Crippen MR) is 57.5 cm³/mol. The minimum Gasteiger partial charge on any atom is -0.496 e. The number of rotatable bonds is 2. The Hall–Kier alpha value is -0.460. The summed E-state index contributed by atoms with van der Waals surface area (Å²) in [6, 6.07) is 1.96. The summed E-state index contributed by atoms with van der Waals surface area (Å²) in [5, 5.41) is 2.87. The van der Waals surface area contributed by atoms with Crippen LogP contribution in [0, 0.1) is 0 Å². The molecule has 0 fully saturated rings. The Morgan fingerprint density at radius 3 is 2.92 bits per heavy atom. The molecule has 0 aliphatic carbocycles. The van der Waals surface area contributed by atoms with Crippen LogP contribution >= 0.6 is 38.8 Å². The van der Waals surface area contributed by atoms with E-state index < -0.39 is 0 Å². The summed E-state index contributed by atoms with van der Waals surface area (Å²) < 4.78 is 9.76. The highest BCUT2D eigenvalue weighted by Crippen LogP contribution is 2.32. The lowest BCUT2D eigenvalue weighted by atomic mass is 10.5. The average molecular weight is 277 g/mol. The molecule has 0 saturated carbocycles. The Kier molecular flexibility index (Phi) is 2.61. The number of ether oxygens (including phenoxy) is 1. The Morgan fingerprint density at radius 1 is 1.54 bits per heavy atom. The Bertz CT molecular complexity index is 412. The van der Waals surface area contributed by atoms with Gasteiger partial charge in [0.1, 0.15) is 5.75 Å². The van der Waals surface area contributed by atoms with Crippen LogP contribution < -0.4 is 4.74 Å². The van der Waals surface area contributed by atoms with Gasteiger partial charge in [0, 0.05) is 11.4 Å². The van der Waals surface area contributed by atoms with E-state index in [2.05, 4.69) is 25.3 Å². The van der Waals surface area contributed by atoms with Crippen molar-refractivity contribution in [1.82, 2.24) is 9.36 Å². The molecule has 0 aliphatic rings. The fourth-order valence-electron chi connectivity index (χ4n) is 0.844. The largest absolute Gasteiger partial charge is 0.496 e. The maximum Gasteiger partial charge on any atom is 0.209 e. The van der Waals surface area contributed by atoms with Crippen molar-refractivity contribution in [2.45, 2.75) is 0 Å². The van der Waals surface area contributed by atoms with Crippen LogP contribution in [-0.4, -0.2) is 16.5 Å². The van der Waals surface area contributed by atoms with Crippen molar-refractivity contribution in [3.63, 3.8) is 0 Å². The Morgan fingerprint density at radius 2 is 2.38 bits per heavy atom. The van der Waals surface area contributed by atoms with Gasteiger partial charge in [-0.05, 0) is 27.5 Å². The van der Waals surface area contributed by atoms with E-state index in [1.54, 1.807) is 18.4 Å². The quantitative estimate of drug-likeness (QED) is 0.846. The number of aromatic nitrogens is 2. The van der Waals surface area contributed by atoms with Crippen molar-refractivity contribution < 1.29 is 4.74 Å². The van der Waals surface area contributed by atoms with Gasteiger partial charge in [0.15, 0.2) is 5.01 Å². The van der Waals surface area contributed by atoms with E-state index in [0.29, 0.717) is 4.73 Å². The number of nitrogens with zero attached hydrogens (tertiary/aromatic N) is 2. The van der Waals surface area contributed by atoms with Gasteiger partial charge >= 0.3 is 0 Å². The lowest BCUT2D eigenvalue weighted by Gasteiger charge is -1.88. The van der Waals surface area contributed by atoms with Crippen LogP contribution in [0.25, 0.3) is 9.88 Å². The first-order valence-corrected chi connectivity index (χ1v) is 5.86. The standard InChI is InChI=1S/C7H5BrN2OS2/c1-11-4-2-5(12-3-4)6-9-7(8)10-13-6/h2-3H,1H3. The monoisotopic (exact) mass is 276 g/mol. The highest BCUT2D eigenvalue weighted by Gasteiger charge is 2.07. The van der Waals surface area contributed by atoms with E-state index in [1.165, 1.54) is 11.5 Å². The SMILES string of the molecule is COc1csc(-c2nc(Br)ns2)c1. The first-order chi connectivity index (χ1) is 6.29. The number of methoxy groups -OCH3 is 1. The lowest BCUT2D eigenvalue weighted by Crippen LogP contribution is -1.76. The molecule has 2 aromatic rings. The zero-order valence-corrected chi connectivity index (χ0v) is 9.87. The lowest BCUT2D eigenvalue weighted by molar-refractivity contribution is 0.417. The number of hydrogen-bond donors (Lipinski definition) is 0. The maximum atomic E-state index is 5.08. The molecule has 0 aromatic carbocycles. The minimum atomic E-state index is 0.639. The van der Waals surface area contributed by atoms with E-state index in [0.717, 1.165) is 15.6 Å². The third-order valence-electron chi connectivity index (χ3n) is 1.42. The summed E-state index contributed by atoms with van der Waals surface area (Å²) in [6.45, 7) is 0. The summed E-state index contributed by atoms with van der Waals surface area (Å²) in [5.74, 6) is 0.867. The van der Waals surface area contributed by atoms with Gasteiger partial charge in [-0.2, -0.15) is 4.37 Å². The van der Waals surface area contributed by atoms with Gasteiger partial charge in [-0.25, -0.2) is 4.98 Å². The molecule has 0 spiro atoms. The van der Waals surface area contributed by atoms with E-state index in [1.807, 2.05) is 11.4 Å². The van der Waals surface area contributed by atoms with Gasteiger partial charge in [0.25, 0.3) is 0 Å². The third kappa shape index (κ3) is 1.90. The van der Waals surface area contributed by atoms with Crippen molar-refractivity contribution in [2.75, 3.05) is 7.11 Å². The number of thiophene rings is 1. The fraction of sp³-hybridized carbons (Fsp3) is 0.143. The molecule has 2 aromatic heterocycles. The molecule has 0 amide bonds. The molecule has 13 heavy (non-hydrogen) atoms. The van der Waals surface area contributed by atoms with Crippen LogP contribution in [0.3, 0.4) is 0 Å². The minimum absolute atomic E-state index is 0.639. The van der Waals surface area contributed by atoms with Gasteiger partial charge in [-0.1, -0.05) is 0 Å². The van der Waals surface area contributed by atoms with Crippen molar-refractivity contribution in [3.05, 3.63) is 16.2 Å². The molecule has 0 unspecified atom stereocenters. The molecular weight excluding hydrogens is 272 g/mol. The zero-order valence-electron chi connectivity index (χ0n) is 6.65. The molecule has 0 N–H and O–H groups in total. The molecule has 2 heterocycles. The van der Waals surface area contributed by atoms with Crippen molar-refractivity contribution in [1.29, 1.82) is 0 Å². The van der Waals surface area contributed by atoms with Crippen LogP contribution in [0.2, 0.25) is 0 Å². The molecule has 0 bridgehead atoms. The van der Waals surface area contributed by atoms with Crippen LogP contribution in [0.15, 0.2) is 16.2 Å². The first kappa shape index (κ1) is 9.11. The van der Waals surface area contributed by atoms with Crippen LogP contribution in [0.1, 0.15) is 0 Å². The van der Waals surface area contributed by atoms with Gasteiger partial charge in [0.2, 0.25) is 4.73 Å². The van der Waals surface area contributed by atoms with E-state index in [4.69, 9.17) is 4.74 Å². The number of hydrogen-bond acceptors (Lipinski definition) is 5. The average Bonchev–Trinajstić information content (AvgIpc) is 2.71. The van der Waals surface area contributed by atoms with Gasteiger partial charge in [-0.3, -0.25) is 0 Å². The van der Waals surface area contributed by atoms with Crippen LogP contribution in [0.4, 0.5) is 0 Å². The van der Waals surface area contributed by atoms with E-state index >= 15 is 0 Å². The first-order valence-electron chi connectivity index (χ1n) is 3.41. The van der Waals surface area contributed by atoms with Gasteiger partial charge < -0.3 is 4.74 Å². The molecule has 2 rings (SSSR count).